The molecule has 1 aliphatic rings. The molecule has 2 rings (SSSR count). The van der Waals surface area contributed by atoms with Crippen molar-refractivity contribution in [2.75, 3.05) is 26.7 Å². The fourth-order valence-electron chi connectivity index (χ4n) is 2.59. The van der Waals surface area contributed by atoms with Crippen LogP contribution in [0.5, 0.6) is 0 Å². The molecule has 0 radical (unpaired) electrons. The van der Waals surface area contributed by atoms with Crippen LogP contribution in [0.3, 0.4) is 0 Å². The summed E-state index contributed by atoms with van der Waals surface area (Å²) >= 11 is 0. The number of hydrogen-bond acceptors (Lipinski definition) is 3. The third-order valence-electron chi connectivity index (χ3n) is 3.67. The Bertz CT molecular complexity index is 475. The van der Waals surface area contributed by atoms with Gasteiger partial charge < -0.3 is 10.2 Å². The van der Waals surface area contributed by atoms with Gasteiger partial charge in [0, 0.05) is 40.2 Å². The number of likely N-dealkylation sites (N-methyl/N-ethyl adjacent to an activating group) is 1. The number of amides is 2. The summed E-state index contributed by atoms with van der Waals surface area (Å²) in [6.07, 6.45) is 0. The van der Waals surface area contributed by atoms with Crippen molar-refractivity contribution in [2.24, 2.45) is 0 Å². The van der Waals surface area contributed by atoms with E-state index in [1.807, 2.05) is 18.2 Å². The normalized spacial score (nSPS) is 19.7. The highest BCUT2D eigenvalue weighted by Crippen LogP contribution is 2.13. The maximum atomic E-state index is 11.9. The maximum absolute atomic E-state index is 11.9. The third kappa shape index (κ3) is 3.36. The van der Waals surface area contributed by atoms with Gasteiger partial charge in [-0.2, -0.15) is 0 Å². The number of piperazine rings is 1. The van der Waals surface area contributed by atoms with E-state index in [1.165, 1.54) is 12.5 Å². The standard InChI is InChI=1S/C15H21N3O2/c1-12(19)18-9-8-17(11-14(18)15(20)16-2)10-13-6-4-3-5-7-13/h3-7,14H,8-11H2,1-2H3,(H,16,20). The lowest BCUT2D eigenvalue weighted by Gasteiger charge is -2.40. The summed E-state index contributed by atoms with van der Waals surface area (Å²) in [7, 11) is 1.61. The Morgan fingerprint density at radius 2 is 1.95 bits per heavy atom. The molecule has 1 heterocycles. The zero-order chi connectivity index (χ0) is 14.5. The summed E-state index contributed by atoms with van der Waals surface area (Å²) in [6, 6.07) is 9.77. The highest BCUT2D eigenvalue weighted by Gasteiger charge is 2.33. The van der Waals surface area contributed by atoms with E-state index < -0.39 is 6.04 Å². The second-order valence-corrected chi connectivity index (χ2v) is 5.06. The van der Waals surface area contributed by atoms with Crippen LogP contribution in [0, 0.1) is 0 Å². The maximum Gasteiger partial charge on any atom is 0.243 e. The van der Waals surface area contributed by atoms with Crippen molar-refractivity contribution in [1.29, 1.82) is 0 Å². The average Bonchev–Trinajstić information content (AvgIpc) is 2.47. The van der Waals surface area contributed by atoms with Crippen LogP contribution in [0.15, 0.2) is 30.3 Å². The minimum atomic E-state index is -0.394. The smallest absolute Gasteiger partial charge is 0.243 e. The highest BCUT2D eigenvalue weighted by molar-refractivity contribution is 5.87. The van der Waals surface area contributed by atoms with E-state index in [0.717, 1.165) is 13.1 Å². The number of rotatable bonds is 3. The van der Waals surface area contributed by atoms with Crippen LogP contribution < -0.4 is 5.32 Å². The average molecular weight is 275 g/mol. The first-order chi connectivity index (χ1) is 9.61. The zero-order valence-corrected chi connectivity index (χ0v) is 12.0. The number of nitrogens with one attached hydrogen (secondary N) is 1. The molecule has 1 aromatic rings. The van der Waals surface area contributed by atoms with Gasteiger partial charge in [0.2, 0.25) is 11.8 Å². The van der Waals surface area contributed by atoms with E-state index in [2.05, 4.69) is 22.3 Å². The molecule has 1 aliphatic heterocycles. The number of nitrogens with zero attached hydrogens (tertiary/aromatic N) is 2. The Kier molecular flexibility index (Phi) is 4.74. The molecular formula is C15H21N3O2. The minimum Gasteiger partial charge on any atom is -0.357 e. The Labute approximate surface area is 119 Å². The number of benzene rings is 1. The Hall–Kier alpha value is -1.88. The highest BCUT2D eigenvalue weighted by atomic mass is 16.2. The molecule has 0 saturated carbocycles. The fourth-order valence-corrected chi connectivity index (χ4v) is 2.59. The first-order valence-corrected chi connectivity index (χ1v) is 6.87. The molecule has 1 fully saturated rings. The molecule has 0 aliphatic carbocycles. The number of hydrogen-bond donors (Lipinski definition) is 1. The van der Waals surface area contributed by atoms with Crippen molar-refractivity contribution in [1.82, 2.24) is 15.1 Å². The van der Waals surface area contributed by atoms with E-state index in [0.29, 0.717) is 13.1 Å². The van der Waals surface area contributed by atoms with E-state index in [4.69, 9.17) is 0 Å². The van der Waals surface area contributed by atoms with Gasteiger partial charge in [-0.1, -0.05) is 30.3 Å². The third-order valence-corrected chi connectivity index (χ3v) is 3.67. The molecule has 108 valence electrons. The molecule has 1 aromatic carbocycles. The second-order valence-electron chi connectivity index (χ2n) is 5.06. The van der Waals surface area contributed by atoms with E-state index >= 15 is 0 Å². The van der Waals surface area contributed by atoms with Crippen molar-refractivity contribution in [3.8, 4) is 0 Å². The van der Waals surface area contributed by atoms with Crippen LogP contribution in [0.2, 0.25) is 0 Å². The van der Waals surface area contributed by atoms with Gasteiger partial charge in [-0.05, 0) is 5.56 Å². The van der Waals surface area contributed by atoms with Gasteiger partial charge in [0.05, 0.1) is 0 Å². The monoisotopic (exact) mass is 275 g/mol. The van der Waals surface area contributed by atoms with Gasteiger partial charge in [0.25, 0.3) is 0 Å². The summed E-state index contributed by atoms with van der Waals surface area (Å²) in [4.78, 5) is 27.4. The van der Waals surface area contributed by atoms with Crippen LogP contribution in [-0.4, -0.2) is 54.3 Å². The molecule has 0 aromatic heterocycles. The Morgan fingerprint density at radius 1 is 1.25 bits per heavy atom. The Morgan fingerprint density at radius 3 is 2.55 bits per heavy atom. The molecule has 20 heavy (non-hydrogen) atoms. The van der Waals surface area contributed by atoms with E-state index in [1.54, 1.807) is 11.9 Å². The van der Waals surface area contributed by atoms with Crippen molar-refractivity contribution >= 4 is 11.8 Å². The van der Waals surface area contributed by atoms with E-state index in [-0.39, 0.29) is 11.8 Å². The van der Waals surface area contributed by atoms with Gasteiger partial charge in [0.1, 0.15) is 6.04 Å². The van der Waals surface area contributed by atoms with E-state index in [9.17, 15) is 9.59 Å². The summed E-state index contributed by atoms with van der Waals surface area (Å²) in [5.74, 6) is -0.143. The molecule has 2 amide bonds. The van der Waals surface area contributed by atoms with Crippen molar-refractivity contribution in [3.63, 3.8) is 0 Å². The van der Waals surface area contributed by atoms with Gasteiger partial charge >= 0.3 is 0 Å². The Balaban J connectivity index is 2.05. The second kappa shape index (κ2) is 6.52. The predicted octanol–water partition coefficient (Wildman–Crippen LogP) is 0.465. The minimum absolute atomic E-state index is 0.0436. The zero-order valence-electron chi connectivity index (χ0n) is 12.0. The van der Waals surface area contributed by atoms with Gasteiger partial charge in [-0.15, -0.1) is 0 Å². The molecule has 1 unspecified atom stereocenters. The molecule has 1 saturated heterocycles. The lowest BCUT2D eigenvalue weighted by atomic mass is 10.1. The first-order valence-electron chi connectivity index (χ1n) is 6.87. The molecule has 0 bridgehead atoms. The molecule has 1 atom stereocenters. The molecular weight excluding hydrogens is 254 g/mol. The number of carbonyl (C=O) groups excluding carboxylic acids is 2. The molecule has 0 spiro atoms. The largest absolute Gasteiger partial charge is 0.357 e. The number of carbonyl (C=O) groups is 2. The fraction of sp³-hybridized carbons (Fsp3) is 0.467. The summed E-state index contributed by atoms with van der Waals surface area (Å²) in [6.45, 7) is 4.29. The van der Waals surface area contributed by atoms with Gasteiger partial charge in [-0.3, -0.25) is 14.5 Å². The predicted molar refractivity (Wildman–Crippen MR) is 77.0 cm³/mol. The van der Waals surface area contributed by atoms with Crippen LogP contribution in [0.25, 0.3) is 0 Å². The molecule has 1 N–H and O–H groups in total. The summed E-state index contributed by atoms with van der Waals surface area (Å²) < 4.78 is 0. The summed E-state index contributed by atoms with van der Waals surface area (Å²) in [5.41, 5.74) is 1.22. The van der Waals surface area contributed by atoms with Gasteiger partial charge in [-0.25, -0.2) is 0 Å². The van der Waals surface area contributed by atoms with Crippen molar-refractivity contribution in [3.05, 3.63) is 35.9 Å². The lowest BCUT2D eigenvalue weighted by molar-refractivity contribution is -0.142. The van der Waals surface area contributed by atoms with Crippen LogP contribution in [0.4, 0.5) is 0 Å². The van der Waals surface area contributed by atoms with Gasteiger partial charge in [0.15, 0.2) is 0 Å². The van der Waals surface area contributed by atoms with Crippen LogP contribution >= 0.6 is 0 Å². The SMILES string of the molecule is CNC(=O)C1CN(Cc2ccccc2)CCN1C(C)=O. The van der Waals surface area contributed by atoms with Crippen LogP contribution in [-0.2, 0) is 16.1 Å². The van der Waals surface area contributed by atoms with Crippen molar-refractivity contribution in [2.45, 2.75) is 19.5 Å². The van der Waals surface area contributed by atoms with Crippen LogP contribution in [0.1, 0.15) is 12.5 Å². The first kappa shape index (κ1) is 14.5. The quantitative estimate of drug-likeness (QED) is 0.872. The lowest BCUT2D eigenvalue weighted by Crippen LogP contribution is -2.59. The van der Waals surface area contributed by atoms with Crippen molar-refractivity contribution < 1.29 is 9.59 Å². The molecule has 5 nitrogen and oxygen atoms in total. The summed E-state index contributed by atoms with van der Waals surface area (Å²) in [5, 5.41) is 2.64. The molecule has 5 heteroatoms. The topological polar surface area (TPSA) is 52.7 Å².